The number of carbonyl (C=O) groups excluding carboxylic acids is 2. The fourth-order valence-corrected chi connectivity index (χ4v) is 2.41. The molecule has 0 saturated heterocycles. The van der Waals surface area contributed by atoms with Crippen molar-refractivity contribution < 1.29 is 19.1 Å². The first kappa shape index (κ1) is 16.7. The molecule has 0 saturated carbocycles. The van der Waals surface area contributed by atoms with E-state index in [0.717, 1.165) is 5.56 Å². The van der Waals surface area contributed by atoms with Crippen molar-refractivity contribution in [1.29, 1.82) is 0 Å². The van der Waals surface area contributed by atoms with Gasteiger partial charge >= 0.3 is 11.9 Å². The third-order valence-electron chi connectivity index (χ3n) is 3.53. The molecular weight excluding hydrogens is 296 g/mol. The van der Waals surface area contributed by atoms with Crippen molar-refractivity contribution in [2.75, 3.05) is 13.7 Å². The topological polar surface area (TPSA) is 70.4 Å². The van der Waals surface area contributed by atoms with E-state index in [-0.39, 0.29) is 12.3 Å². The fourth-order valence-electron chi connectivity index (χ4n) is 2.41. The van der Waals surface area contributed by atoms with Crippen LogP contribution in [0.1, 0.15) is 34.7 Å². The summed E-state index contributed by atoms with van der Waals surface area (Å²) in [5, 5.41) is 0. The lowest BCUT2D eigenvalue weighted by atomic mass is 10.1. The number of carbonyl (C=O) groups is 2. The van der Waals surface area contributed by atoms with E-state index in [0.29, 0.717) is 12.1 Å². The Kier molecular flexibility index (Phi) is 5.51. The smallest absolute Gasteiger partial charge is 0.356 e. The van der Waals surface area contributed by atoms with Gasteiger partial charge in [-0.2, -0.15) is 0 Å². The Morgan fingerprint density at radius 3 is 2.57 bits per heavy atom. The summed E-state index contributed by atoms with van der Waals surface area (Å²) < 4.78 is 11.5. The minimum atomic E-state index is -0.678. The van der Waals surface area contributed by atoms with E-state index in [1.54, 1.807) is 13.8 Å². The highest BCUT2D eigenvalue weighted by atomic mass is 16.5. The predicted molar refractivity (Wildman–Crippen MR) is 84.1 cm³/mol. The van der Waals surface area contributed by atoms with Crippen LogP contribution in [0.5, 0.6) is 0 Å². The summed E-state index contributed by atoms with van der Waals surface area (Å²) in [6.07, 6.45) is 1.88. The number of imidazole rings is 1. The molecular formula is C17H20N2O4. The van der Waals surface area contributed by atoms with Gasteiger partial charge in [0.25, 0.3) is 0 Å². The van der Waals surface area contributed by atoms with Crippen LogP contribution >= 0.6 is 0 Å². The molecule has 0 aliphatic carbocycles. The second-order valence-electron chi connectivity index (χ2n) is 5.04. The summed E-state index contributed by atoms with van der Waals surface area (Å²) >= 11 is 0. The zero-order chi connectivity index (χ0) is 16.8. The average Bonchev–Trinajstić information content (AvgIpc) is 2.94. The van der Waals surface area contributed by atoms with Crippen LogP contribution in [0.25, 0.3) is 0 Å². The number of rotatable bonds is 6. The lowest BCUT2D eigenvalue weighted by Crippen LogP contribution is -2.26. The molecule has 6 nitrogen and oxygen atoms in total. The minimum Gasteiger partial charge on any atom is -0.467 e. The van der Waals surface area contributed by atoms with Crippen molar-refractivity contribution in [1.82, 2.24) is 9.55 Å². The number of esters is 2. The largest absolute Gasteiger partial charge is 0.467 e. The van der Waals surface area contributed by atoms with Crippen molar-refractivity contribution in [2.45, 2.75) is 26.3 Å². The van der Waals surface area contributed by atoms with E-state index < -0.39 is 18.0 Å². The van der Waals surface area contributed by atoms with E-state index in [1.807, 2.05) is 30.3 Å². The standard InChI is InChI=1S/C17H20N2O4/c1-4-23-17(21)15-12(2)18-11-19(15)14(16(20)22-3)10-13-8-6-5-7-9-13/h5-9,11,14H,4,10H2,1-3H3/t14-/m0/s1. The van der Waals surface area contributed by atoms with Crippen LogP contribution in [-0.4, -0.2) is 35.2 Å². The number of aryl methyl sites for hydroxylation is 1. The zero-order valence-corrected chi connectivity index (χ0v) is 13.5. The zero-order valence-electron chi connectivity index (χ0n) is 13.5. The van der Waals surface area contributed by atoms with Crippen molar-refractivity contribution in [2.24, 2.45) is 0 Å². The molecule has 0 N–H and O–H groups in total. The maximum atomic E-state index is 12.2. The third-order valence-corrected chi connectivity index (χ3v) is 3.53. The average molecular weight is 316 g/mol. The van der Waals surface area contributed by atoms with Crippen LogP contribution < -0.4 is 0 Å². The maximum absolute atomic E-state index is 12.2. The molecule has 2 aromatic rings. The van der Waals surface area contributed by atoms with Gasteiger partial charge in [0.15, 0.2) is 5.69 Å². The van der Waals surface area contributed by atoms with E-state index in [1.165, 1.54) is 18.0 Å². The molecule has 0 aliphatic heterocycles. The van der Waals surface area contributed by atoms with Crippen molar-refractivity contribution >= 4 is 11.9 Å². The van der Waals surface area contributed by atoms with Gasteiger partial charge in [-0.1, -0.05) is 30.3 Å². The van der Waals surface area contributed by atoms with Crippen LogP contribution in [0.4, 0.5) is 0 Å². The molecule has 2 rings (SSSR count). The highest BCUT2D eigenvalue weighted by Gasteiger charge is 2.28. The van der Waals surface area contributed by atoms with Gasteiger partial charge in [-0.15, -0.1) is 0 Å². The van der Waals surface area contributed by atoms with Gasteiger partial charge in [0.2, 0.25) is 0 Å². The number of ether oxygens (including phenoxy) is 2. The second kappa shape index (κ2) is 7.58. The van der Waals surface area contributed by atoms with Gasteiger partial charge in [-0.05, 0) is 19.4 Å². The molecule has 1 aromatic carbocycles. The molecule has 23 heavy (non-hydrogen) atoms. The van der Waals surface area contributed by atoms with E-state index in [9.17, 15) is 9.59 Å². The first-order valence-corrected chi connectivity index (χ1v) is 7.40. The van der Waals surface area contributed by atoms with Crippen LogP contribution in [0.2, 0.25) is 0 Å². The van der Waals surface area contributed by atoms with Gasteiger partial charge in [0.1, 0.15) is 6.04 Å². The quantitative estimate of drug-likeness (QED) is 0.765. The highest BCUT2D eigenvalue weighted by molar-refractivity contribution is 5.89. The highest BCUT2D eigenvalue weighted by Crippen LogP contribution is 2.21. The maximum Gasteiger partial charge on any atom is 0.356 e. The van der Waals surface area contributed by atoms with E-state index in [2.05, 4.69) is 4.98 Å². The van der Waals surface area contributed by atoms with E-state index in [4.69, 9.17) is 9.47 Å². The fraction of sp³-hybridized carbons (Fsp3) is 0.353. The van der Waals surface area contributed by atoms with Gasteiger partial charge in [-0.25, -0.2) is 14.6 Å². The molecule has 1 heterocycles. The number of benzene rings is 1. The molecule has 0 amide bonds. The third kappa shape index (κ3) is 3.77. The number of aromatic nitrogens is 2. The molecule has 6 heteroatoms. The number of hydrogen-bond acceptors (Lipinski definition) is 5. The molecule has 0 fully saturated rings. The van der Waals surface area contributed by atoms with Gasteiger partial charge in [-0.3, -0.25) is 0 Å². The molecule has 0 spiro atoms. The Morgan fingerprint density at radius 1 is 1.26 bits per heavy atom. The Morgan fingerprint density at radius 2 is 1.96 bits per heavy atom. The van der Waals surface area contributed by atoms with Crippen LogP contribution in [-0.2, 0) is 20.7 Å². The van der Waals surface area contributed by atoms with Crippen molar-refractivity contribution in [3.8, 4) is 0 Å². The number of nitrogens with zero attached hydrogens (tertiary/aromatic N) is 2. The summed E-state index contributed by atoms with van der Waals surface area (Å²) in [6.45, 7) is 3.69. The molecule has 1 atom stereocenters. The SMILES string of the molecule is CCOC(=O)c1c(C)ncn1[C@@H](Cc1ccccc1)C(=O)OC. The lowest BCUT2D eigenvalue weighted by Gasteiger charge is -2.18. The second-order valence-corrected chi connectivity index (χ2v) is 5.04. The molecule has 0 radical (unpaired) electrons. The predicted octanol–water partition coefficient (Wildman–Crippen LogP) is 2.33. The summed E-state index contributed by atoms with van der Waals surface area (Å²) in [5.41, 5.74) is 1.76. The summed E-state index contributed by atoms with van der Waals surface area (Å²) in [6, 6.07) is 8.86. The Labute approximate surface area is 135 Å². The van der Waals surface area contributed by atoms with Crippen molar-refractivity contribution in [3.05, 3.63) is 53.6 Å². The number of methoxy groups -OCH3 is 1. The summed E-state index contributed by atoms with van der Waals surface area (Å²) in [4.78, 5) is 28.6. The Balaban J connectivity index is 2.40. The molecule has 0 bridgehead atoms. The number of hydrogen-bond donors (Lipinski definition) is 0. The molecule has 1 aromatic heterocycles. The van der Waals surface area contributed by atoms with Crippen LogP contribution in [0, 0.1) is 6.92 Å². The Hall–Kier alpha value is -2.63. The summed E-state index contributed by atoms with van der Waals surface area (Å²) in [5.74, 6) is -0.929. The molecule has 0 aliphatic rings. The summed E-state index contributed by atoms with van der Waals surface area (Å²) in [7, 11) is 1.33. The molecule has 0 unspecified atom stereocenters. The van der Waals surface area contributed by atoms with Crippen molar-refractivity contribution in [3.63, 3.8) is 0 Å². The normalized spacial score (nSPS) is 11.8. The van der Waals surface area contributed by atoms with Gasteiger partial charge < -0.3 is 14.0 Å². The minimum absolute atomic E-state index is 0.255. The van der Waals surface area contributed by atoms with Crippen LogP contribution in [0.3, 0.4) is 0 Å². The first-order valence-electron chi connectivity index (χ1n) is 7.40. The van der Waals surface area contributed by atoms with Gasteiger partial charge in [0.05, 0.1) is 25.7 Å². The first-order chi connectivity index (χ1) is 11.1. The monoisotopic (exact) mass is 316 g/mol. The van der Waals surface area contributed by atoms with E-state index >= 15 is 0 Å². The molecule has 122 valence electrons. The van der Waals surface area contributed by atoms with Gasteiger partial charge in [0, 0.05) is 6.42 Å². The van der Waals surface area contributed by atoms with Crippen LogP contribution in [0.15, 0.2) is 36.7 Å². The lowest BCUT2D eigenvalue weighted by molar-refractivity contribution is -0.144. The Bertz CT molecular complexity index is 679.